The predicted molar refractivity (Wildman–Crippen MR) is 73.7 cm³/mol. The van der Waals surface area contributed by atoms with Crippen LogP contribution in [-0.4, -0.2) is 18.7 Å². The Kier molecular flexibility index (Phi) is 4.75. The van der Waals surface area contributed by atoms with E-state index < -0.39 is 5.54 Å². The van der Waals surface area contributed by atoms with E-state index in [2.05, 4.69) is 31.3 Å². The maximum absolute atomic E-state index is 9.13. The summed E-state index contributed by atoms with van der Waals surface area (Å²) in [6, 6.07) is 8.32. The molecule has 0 fully saturated rings. The first kappa shape index (κ1) is 14.5. The molecule has 98 valence electrons. The third-order valence-electron chi connectivity index (χ3n) is 3.38. The molecule has 0 saturated carbocycles. The third-order valence-corrected chi connectivity index (χ3v) is 3.38. The molecule has 1 aromatic rings. The number of rotatable bonds is 5. The van der Waals surface area contributed by atoms with Crippen LogP contribution < -0.4 is 10.1 Å². The van der Waals surface area contributed by atoms with Crippen LogP contribution in [0.25, 0.3) is 0 Å². The van der Waals surface area contributed by atoms with Crippen molar-refractivity contribution in [1.29, 1.82) is 5.26 Å². The lowest BCUT2D eigenvalue weighted by atomic mass is 9.97. The van der Waals surface area contributed by atoms with E-state index >= 15 is 0 Å². The molecule has 3 heteroatoms. The average molecular weight is 246 g/mol. The van der Waals surface area contributed by atoms with E-state index in [4.69, 9.17) is 10.00 Å². The fourth-order valence-corrected chi connectivity index (χ4v) is 1.89. The molecule has 1 N–H and O–H groups in total. The first-order valence-electron chi connectivity index (χ1n) is 6.25. The second-order valence-corrected chi connectivity index (χ2v) is 5.02. The zero-order valence-corrected chi connectivity index (χ0v) is 11.9. The van der Waals surface area contributed by atoms with Gasteiger partial charge in [0.25, 0.3) is 0 Å². The number of nitriles is 1. The van der Waals surface area contributed by atoms with Gasteiger partial charge >= 0.3 is 0 Å². The fourth-order valence-electron chi connectivity index (χ4n) is 1.89. The maximum atomic E-state index is 9.13. The molecule has 0 aliphatic carbocycles. The van der Waals surface area contributed by atoms with Crippen LogP contribution >= 0.6 is 0 Å². The highest BCUT2D eigenvalue weighted by Crippen LogP contribution is 2.23. The highest BCUT2D eigenvalue weighted by Gasteiger charge is 2.25. The predicted octanol–water partition coefficient (Wildman–Crippen LogP) is 2.96. The molecule has 0 aliphatic rings. The summed E-state index contributed by atoms with van der Waals surface area (Å²) in [5, 5.41) is 12.2. The number of hydrogen-bond acceptors (Lipinski definition) is 3. The topological polar surface area (TPSA) is 45.0 Å². The molecule has 0 spiro atoms. The number of ether oxygens (including phenoxy) is 1. The second-order valence-electron chi connectivity index (χ2n) is 5.02. The third kappa shape index (κ3) is 3.48. The minimum Gasteiger partial charge on any atom is -0.490 e. The molecule has 2 unspecified atom stereocenters. The fraction of sp³-hybridized carbons (Fsp3) is 0.533. The molecule has 1 aromatic carbocycles. The van der Waals surface area contributed by atoms with Gasteiger partial charge < -0.3 is 10.1 Å². The largest absolute Gasteiger partial charge is 0.490 e. The summed E-state index contributed by atoms with van der Waals surface area (Å²) in [6.45, 7) is 8.00. The van der Waals surface area contributed by atoms with Crippen molar-refractivity contribution in [3.63, 3.8) is 0 Å². The van der Waals surface area contributed by atoms with Crippen molar-refractivity contribution in [3.8, 4) is 11.8 Å². The molecular weight excluding hydrogens is 224 g/mol. The van der Waals surface area contributed by atoms with Crippen LogP contribution in [0.3, 0.4) is 0 Å². The van der Waals surface area contributed by atoms with Crippen molar-refractivity contribution in [2.75, 3.05) is 7.05 Å². The molecular formula is C15H22N2O. The quantitative estimate of drug-likeness (QED) is 0.868. The van der Waals surface area contributed by atoms with Crippen LogP contribution in [0, 0.1) is 25.2 Å². The first-order valence-corrected chi connectivity index (χ1v) is 6.25. The van der Waals surface area contributed by atoms with E-state index in [1.54, 1.807) is 7.05 Å². The van der Waals surface area contributed by atoms with Crippen LogP contribution in [-0.2, 0) is 0 Å². The van der Waals surface area contributed by atoms with E-state index in [0.717, 1.165) is 11.3 Å². The van der Waals surface area contributed by atoms with Crippen molar-refractivity contribution < 1.29 is 4.74 Å². The Bertz CT molecular complexity index is 450. The van der Waals surface area contributed by atoms with Crippen molar-refractivity contribution in [2.45, 2.75) is 45.8 Å². The van der Waals surface area contributed by atoms with Gasteiger partial charge in [-0.25, -0.2) is 0 Å². The summed E-state index contributed by atoms with van der Waals surface area (Å²) in [6.07, 6.45) is 0.635. The summed E-state index contributed by atoms with van der Waals surface area (Å²) < 4.78 is 5.93. The van der Waals surface area contributed by atoms with Crippen LogP contribution in [0.15, 0.2) is 18.2 Å². The lowest BCUT2D eigenvalue weighted by Crippen LogP contribution is -2.41. The smallest absolute Gasteiger partial charge is 0.122 e. The summed E-state index contributed by atoms with van der Waals surface area (Å²) in [7, 11) is 1.80. The SMILES string of the molecule is CNC(C)(C#N)CC(C)Oc1cccc(C)c1C. The molecule has 0 amide bonds. The van der Waals surface area contributed by atoms with Gasteiger partial charge in [0.2, 0.25) is 0 Å². The van der Waals surface area contributed by atoms with Gasteiger partial charge in [-0.05, 0) is 51.9 Å². The summed E-state index contributed by atoms with van der Waals surface area (Å²) in [5.41, 5.74) is 1.83. The minimum absolute atomic E-state index is 0.0115. The summed E-state index contributed by atoms with van der Waals surface area (Å²) in [4.78, 5) is 0. The van der Waals surface area contributed by atoms with Gasteiger partial charge in [0.1, 0.15) is 11.3 Å². The van der Waals surface area contributed by atoms with Crippen LogP contribution in [0.1, 0.15) is 31.4 Å². The molecule has 0 aliphatic heterocycles. The maximum Gasteiger partial charge on any atom is 0.122 e. The Labute approximate surface area is 110 Å². The Balaban J connectivity index is 2.74. The summed E-state index contributed by atoms with van der Waals surface area (Å²) in [5.74, 6) is 0.902. The monoisotopic (exact) mass is 246 g/mol. The van der Waals surface area contributed by atoms with Gasteiger partial charge in [-0.1, -0.05) is 12.1 Å². The molecule has 2 atom stereocenters. The zero-order valence-electron chi connectivity index (χ0n) is 11.9. The molecule has 0 saturated heterocycles. The van der Waals surface area contributed by atoms with Crippen LogP contribution in [0.4, 0.5) is 0 Å². The van der Waals surface area contributed by atoms with Gasteiger partial charge in [-0.2, -0.15) is 5.26 Å². The van der Waals surface area contributed by atoms with E-state index in [1.165, 1.54) is 5.56 Å². The average Bonchev–Trinajstić information content (AvgIpc) is 2.34. The van der Waals surface area contributed by atoms with E-state index in [0.29, 0.717) is 6.42 Å². The summed E-state index contributed by atoms with van der Waals surface area (Å²) >= 11 is 0. The highest BCUT2D eigenvalue weighted by atomic mass is 16.5. The normalized spacial score (nSPS) is 15.6. The number of aryl methyl sites for hydroxylation is 1. The van der Waals surface area contributed by atoms with Crippen molar-refractivity contribution in [3.05, 3.63) is 29.3 Å². The zero-order chi connectivity index (χ0) is 13.8. The second kappa shape index (κ2) is 5.88. The lowest BCUT2D eigenvalue weighted by molar-refractivity contribution is 0.181. The van der Waals surface area contributed by atoms with E-state index in [9.17, 15) is 0 Å². The molecule has 0 radical (unpaired) electrons. The Hall–Kier alpha value is -1.53. The number of hydrogen-bond donors (Lipinski definition) is 1. The van der Waals surface area contributed by atoms with Gasteiger partial charge in [-0.15, -0.1) is 0 Å². The number of nitrogens with zero attached hydrogens (tertiary/aromatic N) is 1. The standard InChI is InChI=1S/C15H22N2O/c1-11-7-6-8-14(13(11)3)18-12(2)9-15(4,10-16)17-5/h6-8,12,17H,9H2,1-5H3. The van der Waals surface area contributed by atoms with Gasteiger partial charge in [0.15, 0.2) is 0 Å². The number of nitrogens with one attached hydrogen (secondary N) is 1. The molecule has 1 rings (SSSR count). The van der Waals surface area contributed by atoms with E-state index in [-0.39, 0.29) is 6.10 Å². The van der Waals surface area contributed by atoms with Crippen molar-refractivity contribution in [1.82, 2.24) is 5.32 Å². The minimum atomic E-state index is -0.544. The molecule has 0 bridgehead atoms. The highest BCUT2D eigenvalue weighted by molar-refractivity contribution is 5.38. The Morgan fingerprint density at radius 3 is 2.67 bits per heavy atom. The van der Waals surface area contributed by atoms with Crippen molar-refractivity contribution in [2.24, 2.45) is 0 Å². The Morgan fingerprint density at radius 2 is 2.11 bits per heavy atom. The molecule has 0 aromatic heterocycles. The van der Waals surface area contributed by atoms with Crippen LogP contribution in [0.5, 0.6) is 5.75 Å². The molecule has 18 heavy (non-hydrogen) atoms. The van der Waals surface area contributed by atoms with Crippen molar-refractivity contribution >= 4 is 0 Å². The van der Waals surface area contributed by atoms with Crippen LogP contribution in [0.2, 0.25) is 0 Å². The molecule has 3 nitrogen and oxygen atoms in total. The first-order chi connectivity index (χ1) is 8.41. The van der Waals surface area contributed by atoms with Gasteiger partial charge in [0.05, 0.1) is 12.2 Å². The lowest BCUT2D eigenvalue weighted by Gasteiger charge is -2.26. The Morgan fingerprint density at radius 1 is 1.44 bits per heavy atom. The number of benzene rings is 1. The van der Waals surface area contributed by atoms with E-state index in [1.807, 2.05) is 26.0 Å². The molecule has 0 heterocycles. The van der Waals surface area contributed by atoms with Gasteiger partial charge in [-0.3, -0.25) is 0 Å². The van der Waals surface area contributed by atoms with Gasteiger partial charge in [0, 0.05) is 6.42 Å².